The third-order valence-electron chi connectivity index (χ3n) is 7.27. The van der Waals surface area contributed by atoms with Gasteiger partial charge in [0.15, 0.2) is 0 Å². The monoisotopic (exact) mass is 647 g/mol. The van der Waals surface area contributed by atoms with E-state index >= 15 is 0 Å². The Morgan fingerprint density at radius 3 is 2.26 bits per heavy atom. The van der Waals surface area contributed by atoms with Gasteiger partial charge in [-0.05, 0) is 87.3 Å². The molecule has 1 heterocycles. The predicted molar refractivity (Wildman–Crippen MR) is 205 cm³/mol. The molecule has 1 unspecified atom stereocenters. The minimum absolute atomic E-state index is 0.315. The first-order valence-corrected chi connectivity index (χ1v) is 17.7. The first-order chi connectivity index (χ1) is 22.1. The maximum atomic E-state index is 8.35. The lowest BCUT2D eigenvalue weighted by atomic mass is 9.90. The van der Waals surface area contributed by atoms with E-state index in [1.165, 1.54) is 46.1 Å². The van der Waals surface area contributed by atoms with E-state index in [-0.39, 0.29) is 0 Å². The molecule has 0 saturated carbocycles. The fraction of sp³-hybridized carbons (Fsp3) is 0.512. The zero-order valence-electron chi connectivity index (χ0n) is 30.3. The summed E-state index contributed by atoms with van der Waals surface area (Å²) in [5, 5.41) is 10.4. The molecule has 0 aliphatic rings. The van der Waals surface area contributed by atoms with E-state index in [0.717, 1.165) is 75.3 Å². The first kappa shape index (κ1) is 42.9. The molecule has 0 bridgehead atoms. The van der Waals surface area contributed by atoms with Gasteiger partial charge in [0, 0.05) is 58.2 Å². The van der Waals surface area contributed by atoms with E-state index in [1.807, 2.05) is 19.1 Å². The molecule has 0 fully saturated rings. The molecule has 1 aromatic heterocycles. The number of H-pyrrole nitrogens is 1. The summed E-state index contributed by atoms with van der Waals surface area (Å²) in [5.41, 5.74) is 7.98. The van der Waals surface area contributed by atoms with Crippen LogP contribution in [0, 0.1) is 11.3 Å². The van der Waals surface area contributed by atoms with Crippen LogP contribution in [0.2, 0.25) is 5.02 Å². The SMILES string of the molecule is C=C(/C=C\C(=C/CCC)C(C)c1[nH]c2ccc(Cl)cc2c1CCCC)CC.C=C(C#N)/C=C\N=C(C)CCC.CCCOCCC. The average Bonchev–Trinajstić information content (AvgIpc) is 3.41. The Bertz CT molecular complexity index is 1320. The van der Waals surface area contributed by atoms with E-state index in [1.54, 1.807) is 12.3 Å². The van der Waals surface area contributed by atoms with Gasteiger partial charge >= 0.3 is 0 Å². The zero-order chi connectivity index (χ0) is 34.7. The lowest BCUT2D eigenvalue weighted by molar-refractivity contribution is 0.135. The maximum absolute atomic E-state index is 8.35. The third kappa shape index (κ3) is 18.1. The highest BCUT2D eigenvalue weighted by molar-refractivity contribution is 6.31. The molecular formula is C41H62ClN3O. The van der Waals surface area contributed by atoms with E-state index in [4.69, 9.17) is 21.6 Å². The van der Waals surface area contributed by atoms with E-state index in [9.17, 15) is 0 Å². The average molecular weight is 648 g/mol. The van der Waals surface area contributed by atoms with Crippen molar-refractivity contribution in [1.82, 2.24) is 4.98 Å². The van der Waals surface area contributed by atoms with E-state index in [0.29, 0.717) is 11.5 Å². The van der Waals surface area contributed by atoms with Gasteiger partial charge in [0.05, 0.1) is 6.07 Å². The summed E-state index contributed by atoms with van der Waals surface area (Å²) in [6.07, 6.45) is 21.1. The van der Waals surface area contributed by atoms with Crippen LogP contribution in [0.1, 0.15) is 130 Å². The number of nitrogens with one attached hydrogen (secondary N) is 1. The van der Waals surface area contributed by atoms with Crippen molar-refractivity contribution < 1.29 is 4.74 Å². The number of aromatic nitrogens is 1. The summed E-state index contributed by atoms with van der Waals surface area (Å²) in [7, 11) is 0. The van der Waals surface area contributed by atoms with Crippen LogP contribution < -0.4 is 0 Å². The number of rotatable bonds is 18. The first-order valence-electron chi connectivity index (χ1n) is 17.4. The van der Waals surface area contributed by atoms with Crippen LogP contribution in [-0.4, -0.2) is 23.9 Å². The molecule has 2 aromatic rings. The van der Waals surface area contributed by atoms with Gasteiger partial charge < -0.3 is 9.72 Å². The van der Waals surface area contributed by atoms with Gasteiger partial charge in [0.25, 0.3) is 0 Å². The molecular weight excluding hydrogens is 586 g/mol. The number of hydrogen-bond donors (Lipinski definition) is 1. The maximum Gasteiger partial charge on any atom is 0.0985 e. The molecule has 0 aliphatic carbocycles. The van der Waals surface area contributed by atoms with Gasteiger partial charge in [0.2, 0.25) is 0 Å². The van der Waals surface area contributed by atoms with Crippen molar-refractivity contribution in [1.29, 1.82) is 5.26 Å². The second-order valence-corrected chi connectivity index (χ2v) is 12.0. The highest BCUT2D eigenvalue weighted by atomic mass is 35.5. The van der Waals surface area contributed by atoms with Crippen LogP contribution in [0.3, 0.4) is 0 Å². The molecule has 0 saturated heterocycles. The number of nitriles is 1. The lowest BCUT2D eigenvalue weighted by Crippen LogP contribution is -2.01. The topological polar surface area (TPSA) is 61.2 Å². The number of ether oxygens (including phenoxy) is 1. The Morgan fingerprint density at radius 1 is 1.00 bits per heavy atom. The van der Waals surface area contributed by atoms with Crippen molar-refractivity contribution in [3.8, 4) is 6.07 Å². The fourth-order valence-electron chi connectivity index (χ4n) is 4.54. The summed E-state index contributed by atoms with van der Waals surface area (Å²) in [5.74, 6) is 0.315. The molecule has 1 N–H and O–H groups in total. The van der Waals surface area contributed by atoms with Crippen LogP contribution in [0.15, 0.2) is 83.6 Å². The minimum Gasteiger partial charge on any atom is -0.381 e. The largest absolute Gasteiger partial charge is 0.381 e. The molecule has 5 heteroatoms. The second-order valence-electron chi connectivity index (χ2n) is 11.5. The van der Waals surface area contributed by atoms with Gasteiger partial charge in [-0.1, -0.05) is 116 Å². The van der Waals surface area contributed by atoms with Crippen LogP contribution in [0.4, 0.5) is 0 Å². The minimum atomic E-state index is 0.315. The summed E-state index contributed by atoms with van der Waals surface area (Å²) in [6, 6.07) is 8.10. The molecule has 0 amide bonds. The highest BCUT2D eigenvalue weighted by Crippen LogP contribution is 2.35. The fourth-order valence-corrected chi connectivity index (χ4v) is 4.71. The smallest absolute Gasteiger partial charge is 0.0985 e. The Kier molecular flexibility index (Phi) is 25.2. The van der Waals surface area contributed by atoms with Crippen molar-refractivity contribution in [3.63, 3.8) is 0 Å². The number of aryl methyl sites for hydroxylation is 1. The molecule has 4 nitrogen and oxygen atoms in total. The third-order valence-corrected chi connectivity index (χ3v) is 7.51. The van der Waals surface area contributed by atoms with Crippen molar-refractivity contribution >= 4 is 28.2 Å². The molecule has 0 aliphatic heterocycles. The quantitative estimate of drug-likeness (QED) is 0.0757. The number of allylic oxidation sites excluding steroid dienone is 7. The van der Waals surface area contributed by atoms with Gasteiger partial charge in [-0.15, -0.1) is 0 Å². The van der Waals surface area contributed by atoms with Crippen LogP contribution >= 0.6 is 11.6 Å². The Hall–Kier alpha value is -3.13. The summed E-state index contributed by atoms with van der Waals surface area (Å²) >= 11 is 6.30. The van der Waals surface area contributed by atoms with Gasteiger partial charge in [-0.25, -0.2) is 0 Å². The van der Waals surface area contributed by atoms with Gasteiger partial charge in [0.1, 0.15) is 0 Å². The number of unbranched alkanes of at least 4 members (excludes halogenated alkanes) is 2. The molecule has 1 aromatic carbocycles. The van der Waals surface area contributed by atoms with Crippen molar-refractivity contribution in [2.45, 2.75) is 126 Å². The zero-order valence-corrected chi connectivity index (χ0v) is 31.0. The lowest BCUT2D eigenvalue weighted by Gasteiger charge is -2.15. The number of aliphatic imine (C=N–C) groups is 1. The van der Waals surface area contributed by atoms with Gasteiger partial charge in [-0.2, -0.15) is 5.26 Å². The number of halogens is 1. The summed E-state index contributed by atoms with van der Waals surface area (Å²) in [6.45, 7) is 26.7. The Morgan fingerprint density at radius 2 is 1.70 bits per heavy atom. The van der Waals surface area contributed by atoms with Gasteiger partial charge in [-0.3, -0.25) is 4.99 Å². The highest BCUT2D eigenvalue weighted by Gasteiger charge is 2.19. The number of hydrogen-bond acceptors (Lipinski definition) is 3. The van der Waals surface area contributed by atoms with Crippen LogP contribution in [-0.2, 0) is 11.2 Å². The number of aromatic amines is 1. The number of benzene rings is 1. The molecule has 254 valence electrons. The standard InChI is InChI=1S/C25H34ClN.C10H14N2.C6H14O/c1-6-9-11-20(14-13-18(4)8-3)19(5)25-22(12-10-7-2)23-17-21(26)15-16-24(23)27-25;1-4-5-10(3)12-7-6-9(2)8-11;1-3-5-7-6-4-2/h11,13-17,19,27H,4,6-10,12H2,1-3,5H3;6-7H,2,4-5H2,1,3H3;3-6H2,1-2H3/b14-13-,20-11+;7-6-,12-10?;. The normalized spacial score (nSPS) is 12.4. The van der Waals surface area contributed by atoms with E-state index < -0.39 is 0 Å². The van der Waals surface area contributed by atoms with Crippen LogP contribution in [0.25, 0.3) is 10.9 Å². The van der Waals surface area contributed by atoms with Crippen LogP contribution in [0.5, 0.6) is 0 Å². The Labute approximate surface area is 287 Å². The Balaban J connectivity index is 0.000000878. The van der Waals surface area contributed by atoms with Crippen molar-refractivity contribution in [2.24, 2.45) is 4.99 Å². The van der Waals surface area contributed by atoms with Crippen molar-refractivity contribution in [2.75, 3.05) is 13.2 Å². The molecule has 46 heavy (non-hydrogen) atoms. The molecule has 2 rings (SSSR count). The van der Waals surface area contributed by atoms with E-state index in [2.05, 4.69) is 102 Å². The second kappa shape index (κ2) is 27.0. The predicted octanol–water partition coefficient (Wildman–Crippen LogP) is 13.2. The molecule has 0 radical (unpaired) electrons. The number of nitrogens with zero attached hydrogens (tertiary/aromatic N) is 2. The van der Waals surface area contributed by atoms with Crippen molar-refractivity contribution in [3.05, 3.63) is 94.9 Å². The number of fused-ring (bicyclic) bond motifs is 1. The summed E-state index contributed by atoms with van der Waals surface area (Å²) in [4.78, 5) is 7.83. The molecule has 0 spiro atoms. The summed E-state index contributed by atoms with van der Waals surface area (Å²) < 4.78 is 5.13. The molecule has 1 atom stereocenters.